The molecule has 1 aliphatic heterocycles. The fourth-order valence-corrected chi connectivity index (χ4v) is 3.06. The van der Waals surface area contributed by atoms with Gasteiger partial charge in [0.15, 0.2) is 0 Å². The molecule has 0 radical (unpaired) electrons. The summed E-state index contributed by atoms with van der Waals surface area (Å²) in [6, 6.07) is 0.789. The molecule has 0 aromatic carbocycles. The Labute approximate surface area is 122 Å². The van der Waals surface area contributed by atoms with Crippen LogP contribution in [0.3, 0.4) is 0 Å². The Hall–Kier alpha value is -0.910. The summed E-state index contributed by atoms with van der Waals surface area (Å²) in [5, 5.41) is 4.32. The second kappa shape index (κ2) is 6.70. The minimum atomic E-state index is 0.124. The molecule has 20 heavy (non-hydrogen) atoms. The molecule has 4 unspecified atom stereocenters. The lowest BCUT2D eigenvalue weighted by Crippen LogP contribution is -2.53. The predicted octanol–water partition coefficient (Wildman–Crippen LogP) is 1.70. The minimum Gasteiger partial charge on any atom is -0.376 e. The molecule has 0 amide bonds. The summed E-state index contributed by atoms with van der Waals surface area (Å²) >= 11 is 0. The summed E-state index contributed by atoms with van der Waals surface area (Å²) in [7, 11) is 1.96. The number of rotatable bonds is 5. The quantitative estimate of drug-likeness (QED) is 0.892. The lowest BCUT2D eigenvalue weighted by molar-refractivity contribution is -0.0771. The molecule has 0 bridgehead atoms. The summed E-state index contributed by atoms with van der Waals surface area (Å²) < 4.78 is 7.67. The third-order valence-electron chi connectivity index (χ3n) is 4.28. The molecule has 2 N–H and O–H groups in total. The molecule has 2 rings (SSSR count). The van der Waals surface area contributed by atoms with E-state index in [0.717, 1.165) is 26.0 Å². The van der Waals surface area contributed by atoms with Crippen molar-refractivity contribution >= 4 is 0 Å². The fraction of sp³-hybridized carbons (Fsp3) is 0.800. The fourth-order valence-electron chi connectivity index (χ4n) is 3.06. The standard InChI is InChI=1S/C15H28N4O/c1-5-13-10-20-11(3)8-19(13)15(14(16)6-2)12-7-17-18(4)9-12/h7,9,11,13-15H,5-6,8,10,16H2,1-4H3. The van der Waals surface area contributed by atoms with Gasteiger partial charge in [-0.05, 0) is 19.8 Å². The maximum Gasteiger partial charge on any atom is 0.0675 e. The van der Waals surface area contributed by atoms with E-state index >= 15 is 0 Å². The van der Waals surface area contributed by atoms with Crippen molar-refractivity contribution in [2.75, 3.05) is 13.2 Å². The van der Waals surface area contributed by atoms with Gasteiger partial charge in [0.05, 0.1) is 24.9 Å². The number of nitrogens with zero attached hydrogens (tertiary/aromatic N) is 3. The van der Waals surface area contributed by atoms with Crippen LogP contribution in [-0.4, -0.2) is 46.0 Å². The van der Waals surface area contributed by atoms with Gasteiger partial charge in [-0.2, -0.15) is 5.10 Å². The molecule has 5 heteroatoms. The number of aryl methyl sites for hydroxylation is 1. The van der Waals surface area contributed by atoms with Crippen molar-refractivity contribution < 1.29 is 4.74 Å². The number of hydrogen-bond acceptors (Lipinski definition) is 4. The molecule has 1 aromatic rings. The first-order valence-electron chi connectivity index (χ1n) is 7.68. The van der Waals surface area contributed by atoms with Crippen molar-refractivity contribution in [2.45, 2.75) is 57.8 Å². The van der Waals surface area contributed by atoms with Crippen molar-refractivity contribution in [1.29, 1.82) is 0 Å². The zero-order chi connectivity index (χ0) is 14.7. The monoisotopic (exact) mass is 280 g/mol. The minimum absolute atomic E-state index is 0.124. The molecule has 2 heterocycles. The topological polar surface area (TPSA) is 56.3 Å². The highest BCUT2D eigenvalue weighted by molar-refractivity contribution is 5.14. The molecule has 0 saturated carbocycles. The van der Waals surface area contributed by atoms with Crippen LogP contribution in [0.4, 0.5) is 0 Å². The number of morpholine rings is 1. The second-order valence-corrected chi connectivity index (χ2v) is 5.87. The van der Waals surface area contributed by atoms with Gasteiger partial charge in [-0.3, -0.25) is 9.58 Å². The maximum atomic E-state index is 6.43. The summed E-state index contributed by atoms with van der Waals surface area (Å²) in [5.41, 5.74) is 7.65. The average molecular weight is 280 g/mol. The largest absolute Gasteiger partial charge is 0.376 e. The van der Waals surface area contributed by atoms with Crippen LogP contribution in [0.1, 0.15) is 45.2 Å². The van der Waals surface area contributed by atoms with E-state index < -0.39 is 0 Å². The van der Waals surface area contributed by atoms with Crippen molar-refractivity contribution in [3.05, 3.63) is 18.0 Å². The molecule has 114 valence electrons. The van der Waals surface area contributed by atoms with Crippen molar-refractivity contribution in [3.8, 4) is 0 Å². The van der Waals surface area contributed by atoms with Gasteiger partial charge >= 0.3 is 0 Å². The van der Waals surface area contributed by atoms with Crippen LogP contribution in [0.25, 0.3) is 0 Å². The van der Waals surface area contributed by atoms with Crippen LogP contribution in [0.2, 0.25) is 0 Å². The van der Waals surface area contributed by atoms with E-state index in [0.29, 0.717) is 6.04 Å². The Morgan fingerprint density at radius 2 is 2.25 bits per heavy atom. The third-order valence-corrected chi connectivity index (χ3v) is 4.28. The Bertz CT molecular complexity index is 420. The zero-order valence-electron chi connectivity index (χ0n) is 13.1. The Morgan fingerprint density at radius 3 is 2.80 bits per heavy atom. The molecule has 0 spiro atoms. The van der Waals surface area contributed by atoms with Crippen molar-refractivity contribution in [1.82, 2.24) is 14.7 Å². The maximum absolute atomic E-state index is 6.43. The number of nitrogens with two attached hydrogens (primary N) is 1. The predicted molar refractivity (Wildman–Crippen MR) is 80.4 cm³/mol. The second-order valence-electron chi connectivity index (χ2n) is 5.87. The Kier molecular flexibility index (Phi) is 5.18. The summed E-state index contributed by atoms with van der Waals surface area (Å²) in [6.07, 6.45) is 6.35. The molecular weight excluding hydrogens is 252 g/mol. The van der Waals surface area contributed by atoms with Crippen molar-refractivity contribution in [2.24, 2.45) is 12.8 Å². The van der Waals surface area contributed by atoms with Crippen LogP contribution < -0.4 is 5.73 Å². The molecule has 1 fully saturated rings. The highest BCUT2D eigenvalue weighted by Gasteiger charge is 2.35. The van der Waals surface area contributed by atoms with Crippen LogP contribution in [0.15, 0.2) is 12.4 Å². The SMILES string of the molecule is CCC(N)C(c1cnn(C)c1)N1CC(C)OCC1CC. The van der Waals surface area contributed by atoms with Crippen LogP contribution >= 0.6 is 0 Å². The van der Waals surface area contributed by atoms with E-state index in [1.54, 1.807) is 0 Å². The number of hydrogen-bond donors (Lipinski definition) is 1. The molecule has 1 aromatic heterocycles. The van der Waals surface area contributed by atoms with Gasteiger partial charge < -0.3 is 10.5 Å². The smallest absolute Gasteiger partial charge is 0.0675 e. The Balaban J connectivity index is 2.29. The summed E-state index contributed by atoms with van der Waals surface area (Å²) in [6.45, 7) is 8.24. The van der Waals surface area contributed by atoms with E-state index in [1.807, 2.05) is 17.9 Å². The van der Waals surface area contributed by atoms with Crippen molar-refractivity contribution in [3.63, 3.8) is 0 Å². The van der Waals surface area contributed by atoms with Gasteiger partial charge in [-0.1, -0.05) is 13.8 Å². The molecule has 0 aliphatic carbocycles. The molecular formula is C15H28N4O. The molecule has 5 nitrogen and oxygen atoms in total. The highest BCUT2D eigenvalue weighted by Crippen LogP contribution is 2.30. The van der Waals surface area contributed by atoms with Gasteiger partial charge in [0.2, 0.25) is 0 Å². The normalized spacial score (nSPS) is 27.4. The molecule has 1 saturated heterocycles. The van der Waals surface area contributed by atoms with Gasteiger partial charge in [0.25, 0.3) is 0 Å². The lowest BCUT2D eigenvalue weighted by atomic mass is 9.95. The van der Waals surface area contributed by atoms with E-state index in [-0.39, 0.29) is 18.2 Å². The van der Waals surface area contributed by atoms with Crippen LogP contribution in [-0.2, 0) is 11.8 Å². The van der Waals surface area contributed by atoms with Crippen LogP contribution in [0.5, 0.6) is 0 Å². The number of ether oxygens (including phenoxy) is 1. The van der Waals surface area contributed by atoms with E-state index in [2.05, 4.69) is 37.0 Å². The van der Waals surface area contributed by atoms with Crippen LogP contribution in [0, 0.1) is 0 Å². The molecule has 4 atom stereocenters. The summed E-state index contributed by atoms with van der Waals surface area (Å²) in [4.78, 5) is 2.53. The Morgan fingerprint density at radius 1 is 1.50 bits per heavy atom. The van der Waals surface area contributed by atoms with Gasteiger partial charge in [-0.15, -0.1) is 0 Å². The summed E-state index contributed by atoms with van der Waals surface area (Å²) in [5.74, 6) is 0. The van der Waals surface area contributed by atoms with E-state index in [1.165, 1.54) is 5.56 Å². The third kappa shape index (κ3) is 3.22. The first kappa shape index (κ1) is 15.5. The van der Waals surface area contributed by atoms with Gasteiger partial charge in [0, 0.05) is 37.4 Å². The molecule has 1 aliphatic rings. The zero-order valence-corrected chi connectivity index (χ0v) is 13.1. The number of aromatic nitrogens is 2. The van der Waals surface area contributed by atoms with E-state index in [4.69, 9.17) is 10.5 Å². The van der Waals surface area contributed by atoms with E-state index in [9.17, 15) is 0 Å². The first-order valence-corrected chi connectivity index (χ1v) is 7.68. The highest BCUT2D eigenvalue weighted by atomic mass is 16.5. The average Bonchev–Trinajstić information content (AvgIpc) is 2.85. The first-order chi connectivity index (χ1) is 9.56. The van der Waals surface area contributed by atoms with Gasteiger partial charge in [-0.25, -0.2) is 0 Å². The lowest BCUT2D eigenvalue weighted by Gasteiger charge is -2.44. The van der Waals surface area contributed by atoms with Gasteiger partial charge in [0.1, 0.15) is 0 Å².